The van der Waals surface area contributed by atoms with Crippen LogP contribution in [0.15, 0.2) is 30.3 Å². The number of hydrogen-bond acceptors (Lipinski definition) is 7. The topological polar surface area (TPSA) is 93.7 Å². The van der Waals surface area contributed by atoms with Crippen LogP contribution >= 0.6 is 23.6 Å². The number of carbonyl (C=O) groups excluding carboxylic acids is 3. The monoisotopic (exact) mass is 448 g/mol. The number of benzene rings is 1. The molecule has 2 rings (SSSR count). The minimum absolute atomic E-state index is 0.0373. The zero-order valence-corrected chi connectivity index (χ0v) is 18.7. The van der Waals surface area contributed by atoms with Crippen LogP contribution in [0.25, 0.3) is 0 Å². The highest BCUT2D eigenvalue weighted by atomic mass is 32.1. The van der Waals surface area contributed by atoms with Crippen molar-refractivity contribution in [2.75, 3.05) is 18.5 Å². The normalized spacial score (nSPS) is 10.2. The van der Waals surface area contributed by atoms with Gasteiger partial charge in [0.05, 0.1) is 18.8 Å². The van der Waals surface area contributed by atoms with Crippen molar-refractivity contribution in [1.82, 2.24) is 5.32 Å². The second kappa shape index (κ2) is 11.4. The molecule has 2 N–H and O–H groups in total. The van der Waals surface area contributed by atoms with Crippen LogP contribution in [-0.4, -0.2) is 36.2 Å². The lowest BCUT2D eigenvalue weighted by Gasteiger charge is -2.10. The van der Waals surface area contributed by atoms with Crippen molar-refractivity contribution < 1.29 is 23.9 Å². The fourth-order valence-corrected chi connectivity index (χ4v) is 4.04. The summed E-state index contributed by atoms with van der Waals surface area (Å²) in [5.41, 5.74) is 1.69. The van der Waals surface area contributed by atoms with Crippen molar-refractivity contribution in [2.45, 2.75) is 33.6 Å². The van der Waals surface area contributed by atoms with E-state index in [9.17, 15) is 14.4 Å². The standard InChI is InChI=1S/C21H24N2O5S2/c1-4-27-19(25)16-13(3)17(20(26)28-5-2)30-18(16)23-21(29)22-15(24)12-11-14-9-7-6-8-10-14/h6-10H,4-5,11-12H2,1-3H3,(H2,22,23,24,29). The van der Waals surface area contributed by atoms with Crippen LogP contribution in [0.2, 0.25) is 0 Å². The predicted molar refractivity (Wildman–Crippen MR) is 120 cm³/mol. The summed E-state index contributed by atoms with van der Waals surface area (Å²) in [5, 5.41) is 5.81. The Morgan fingerprint density at radius 3 is 2.30 bits per heavy atom. The van der Waals surface area contributed by atoms with Crippen LogP contribution in [0, 0.1) is 6.92 Å². The largest absolute Gasteiger partial charge is 0.462 e. The zero-order valence-electron chi connectivity index (χ0n) is 17.1. The van der Waals surface area contributed by atoms with Gasteiger partial charge in [0.25, 0.3) is 0 Å². The molecule has 30 heavy (non-hydrogen) atoms. The third-order valence-corrected chi connectivity index (χ3v) is 5.44. The lowest BCUT2D eigenvalue weighted by Crippen LogP contribution is -2.34. The molecule has 0 spiro atoms. The van der Waals surface area contributed by atoms with Crippen molar-refractivity contribution in [2.24, 2.45) is 0 Å². The molecule has 2 aromatic rings. The molecule has 0 fully saturated rings. The molecule has 0 radical (unpaired) electrons. The van der Waals surface area contributed by atoms with Gasteiger partial charge in [-0.15, -0.1) is 11.3 Å². The number of anilines is 1. The van der Waals surface area contributed by atoms with Gasteiger partial charge in [0, 0.05) is 6.42 Å². The summed E-state index contributed by atoms with van der Waals surface area (Å²) in [6.07, 6.45) is 0.836. The molecule has 9 heteroatoms. The molecule has 7 nitrogen and oxygen atoms in total. The highest BCUT2D eigenvalue weighted by molar-refractivity contribution is 7.80. The van der Waals surface area contributed by atoms with Crippen molar-refractivity contribution in [3.63, 3.8) is 0 Å². The molecule has 0 atom stereocenters. The van der Waals surface area contributed by atoms with E-state index >= 15 is 0 Å². The molecule has 0 saturated carbocycles. The van der Waals surface area contributed by atoms with Gasteiger partial charge in [0.15, 0.2) is 5.11 Å². The van der Waals surface area contributed by atoms with Crippen molar-refractivity contribution in [3.05, 3.63) is 51.9 Å². The van der Waals surface area contributed by atoms with Gasteiger partial charge in [-0.25, -0.2) is 9.59 Å². The Hall–Kier alpha value is -2.78. The number of ether oxygens (including phenoxy) is 2. The van der Waals surface area contributed by atoms with E-state index in [0.29, 0.717) is 17.0 Å². The first-order valence-electron chi connectivity index (χ1n) is 9.49. The lowest BCUT2D eigenvalue weighted by atomic mass is 10.1. The number of aryl methyl sites for hydroxylation is 1. The highest BCUT2D eigenvalue weighted by Crippen LogP contribution is 2.34. The highest BCUT2D eigenvalue weighted by Gasteiger charge is 2.27. The molecule has 0 aliphatic heterocycles. The molecule has 0 aliphatic rings. The van der Waals surface area contributed by atoms with Gasteiger partial charge < -0.3 is 20.1 Å². The first-order chi connectivity index (χ1) is 14.4. The van der Waals surface area contributed by atoms with Crippen LogP contribution in [0.5, 0.6) is 0 Å². The first-order valence-corrected chi connectivity index (χ1v) is 10.7. The van der Waals surface area contributed by atoms with Crippen molar-refractivity contribution in [1.29, 1.82) is 0 Å². The quantitative estimate of drug-likeness (QED) is 0.468. The Morgan fingerprint density at radius 2 is 1.67 bits per heavy atom. The number of carbonyl (C=O) groups is 3. The third kappa shape index (κ3) is 6.36. The first kappa shape index (κ1) is 23.5. The predicted octanol–water partition coefficient (Wildman–Crippen LogP) is 3.86. The van der Waals surface area contributed by atoms with E-state index in [1.807, 2.05) is 30.3 Å². The maximum absolute atomic E-state index is 12.4. The maximum Gasteiger partial charge on any atom is 0.348 e. The van der Waals surface area contributed by atoms with Crippen LogP contribution in [0.1, 0.15) is 51.4 Å². The van der Waals surface area contributed by atoms with Crippen LogP contribution in [0.4, 0.5) is 5.00 Å². The summed E-state index contributed by atoms with van der Waals surface area (Å²) in [6, 6.07) is 9.63. The minimum Gasteiger partial charge on any atom is -0.462 e. The number of nitrogens with one attached hydrogen (secondary N) is 2. The number of thiocarbonyl (C=S) groups is 1. The Morgan fingerprint density at radius 1 is 1.03 bits per heavy atom. The molecule has 0 aliphatic carbocycles. The second-order valence-electron chi connectivity index (χ2n) is 6.19. The van der Waals surface area contributed by atoms with Gasteiger partial charge in [0.2, 0.25) is 5.91 Å². The third-order valence-electron chi connectivity index (χ3n) is 4.05. The lowest BCUT2D eigenvalue weighted by molar-refractivity contribution is -0.119. The van der Waals surface area contributed by atoms with E-state index in [-0.39, 0.29) is 41.1 Å². The Labute approximate surface area is 184 Å². The van der Waals surface area contributed by atoms with Crippen LogP contribution in [-0.2, 0) is 20.7 Å². The fraction of sp³-hybridized carbons (Fsp3) is 0.333. The Kier molecular flexibility index (Phi) is 8.94. The summed E-state index contributed by atoms with van der Waals surface area (Å²) in [7, 11) is 0. The number of amides is 1. The van der Waals surface area contributed by atoms with E-state index in [1.165, 1.54) is 0 Å². The van der Waals surface area contributed by atoms with Gasteiger partial charge in [-0.3, -0.25) is 4.79 Å². The van der Waals surface area contributed by atoms with E-state index < -0.39 is 11.9 Å². The van der Waals surface area contributed by atoms with E-state index in [0.717, 1.165) is 16.9 Å². The van der Waals surface area contributed by atoms with E-state index in [2.05, 4.69) is 10.6 Å². The summed E-state index contributed by atoms with van der Waals surface area (Å²) >= 11 is 6.25. The summed E-state index contributed by atoms with van der Waals surface area (Å²) in [6.45, 7) is 5.43. The zero-order chi connectivity index (χ0) is 22.1. The Bertz CT molecular complexity index is 925. The van der Waals surface area contributed by atoms with Crippen LogP contribution in [0.3, 0.4) is 0 Å². The average molecular weight is 449 g/mol. The number of thiophene rings is 1. The van der Waals surface area contributed by atoms with E-state index in [1.54, 1.807) is 20.8 Å². The molecule has 1 heterocycles. The number of esters is 2. The van der Waals surface area contributed by atoms with Crippen molar-refractivity contribution >= 4 is 51.5 Å². The summed E-state index contributed by atoms with van der Waals surface area (Å²) in [5.74, 6) is -1.37. The van der Waals surface area contributed by atoms with E-state index in [4.69, 9.17) is 21.7 Å². The molecule has 0 saturated heterocycles. The molecular formula is C21H24N2O5S2. The molecule has 0 bridgehead atoms. The van der Waals surface area contributed by atoms with Gasteiger partial charge >= 0.3 is 11.9 Å². The molecule has 1 amide bonds. The SMILES string of the molecule is CCOC(=O)c1sc(NC(=S)NC(=O)CCc2ccccc2)c(C(=O)OCC)c1C. The van der Waals surface area contributed by atoms with Gasteiger partial charge in [-0.2, -0.15) is 0 Å². The minimum atomic E-state index is -0.581. The Balaban J connectivity index is 2.10. The smallest absolute Gasteiger partial charge is 0.348 e. The summed E-state index contributed by atoms with van der Waals surface area (Å²) < 4.78 is 10.1. The number of rotatable bonds is 8. The molecule has 1 aromatic carbocycles. The van der Waals surface area contributed by atoms with Gasteiger partial charge in [0.1, 0.15) is 9.88 Å². The molecule has 160 valence electrons. The average Bonchev–Trinajstić information content (AvgIpc) is 3.03. The van der Waals surface area contributed by atoms with Gasteiger partial charge in [-0.1, -0.05) is 30.3 Å². The second-order valence-corrected chi connectivity index (χ2v) is 7.62. The number of hydrogen-bond donors (Lipinski definition) is 2. The van der Waals surface area contributed by atoms with Crippen LogP contribution < -0.4 is 10.6 Å². The molecule has 1 aromatic heterocycles. The molecular weight excluding hydrogens is 424 g/mol. The summed E-state index contributed by atoms with van der Waals surface area (Å²) in [4.78, 5) is 37.1. The van der Waals surface area contributed by atoms with Gasteiger partial charge in [-0.05, 0) is 50.5 Å². The fourth-order valence-electron chi connectivity index (χ4n) is 2.67. The molecule has 0 unspecified atom stereocenters. The van der Waals surface area contributed by atoms with Crippen molar-refractivity contribution in [3.8, 4) is 0 Å². The maximum atomic E-state index is 12.4.